The lowest BCUT2D eigenvalue weighted by Crippen LogP contribution is -2.19. The molecule has 0 amide bonds. The predicted octanol–water partition coefficient (Wildman–Crippen LogP) is 3.19. The number of rotatable bonds is 6. The van der Waals surface area contributed by atoms with Crippen LogP contribution in [0.1, 0.15) is 50.1 Å². The van der Waals surface area contributed by atoms with Gasteiger partial charge < -0.3 is 10.2 Å². The average molecular weight is 279 g/mol. The summed E-state index contributed by atoms with van der Waals surface area (Å²) in [6.45, 7) is 7.96. The molecule has 2 heterocycles. The molecule has 1 saturated carbocycles. The number of nitrogens with zero attached hydrogens (tertiary/aromatic N) is 2. The highest BCUT2D eigenvalue weighted by Crippen LogP contribution is 2.32. The van der Waals surface area contributed by atoms with Gasteiger partial charge in [0.2, 0.25) is 0 Å². The van der Waals surface area contributed by atoms with Gasteiger partial charge in [-0.1, -0.05) is 20.3 Å². The van der Waals surface area contributed by atoms with Crippen LogP contribution in [0.4, 0.5) is 5.13 Å². The maximum Gasteiger partial charge on any atom is 0.185 e. The molecule has 0 aromatic carbocycles. The van der Waals surface area contributed by atoms with Crippen molar-refractivity contribution in [2.24, 2.45) is 5.92 Å². The van der Waals surface area contributed by atoms with E-state index in [-0.39, 0.29) is 0 Å². The van der Waals surface area contributed by atoms with E-state index < -0.39 is 0 Å². The topological polar surface area (TPSA) is 28.2 Å². The lowest BCUT2D eigenvalue weighted by atomic mass is 10.1. The highest BCUT2D eigenvalue weighted by atomic mass is 32.1. The lowest BCUT2D eigenvalue weighted by molar-refractivity contribution is 0.569. The van der Waals surface area contributed by atoms with Gasteiger partial charge in [0.1, 0.15) is 0 Å². The molecule has 0 radical (unpaired) electrons. The zero-order chi connectivity index (χ0) is 13.2. The molecule has 1 aromatic rings. The molecule has 106 valence electrons. The van der Waals surface area contributed by atoms with Crippen LogP contribution in [-0.2, 0) is 13.0 Å². The third kappa shape index (κ3) is 3.11. The van der Waals surface area contributed by atoms with Gasteiger partial charge >= 0.3 is 0 Å². The summed E-state index contributed by atoms with van der Waals surface area (Å²) in [5, 5.41) is 4.89. The van der Waals surface area contributed by atoms with Crippen molar-refractivity contribution >= 4 is 16.5 Å². The van der Waals surface area contributed by atoms with Crippen LogP contribution in [0.5, 0.6) is 0 Å². The Morgan fingerprint density at radius 3 is 2.79 bits per heavy atom. The monoisotopic (exact) mass is 279 g/mol. The molecule has 1 atom stereocenters. The van der Waals surface area contributed by atoms with Crippen molar-refractivity contribution in [1.82, 2.24) is 10.3 Å². The van der Waals surface area contributed by atoms with Gasteiger partial charge in [0.05, 0.1) is 5.69 Å². The van der Waals surface area contributed by atoms with Gasteiger partial charge in [0.25, 0.3) is 0 Å². The molecule has 0 spiro atoms. The number of nitrogens with one attached hydrogen (secondary N) is 1. The number of hydrogen-bond acceptors (Lipinski definition) is 4. The van der Waals surface area contributed by atoms with Crippen molar-refractivity contribution in [3.05, 3.63) is 10.6 Å². The highest BCUT2D eigenvalue weighted by Gasteiger charge is 2.25. The number of aromatic nitrogens is 1. The molecule has 1 aliphatic carbocycles. The first-order valence-corrected chi connectivity index (χ1v) is 8.58. The summed E-state index contributed by atoms with van der Waals surface area (Å²) in [4.78, 5) is 8.84. The Morgan fingerprint density at radius 2 is 2.16 bits per heavy atom. The molecular formula is C15H25N3S. The summed E-state index contributed by atoms with van der Waals surface area (Å²) >= 11 is 1.92. The van der Waals surface area contributed by atoms with E-state index in [4.69, 9.17) is 4.98 Å². The van der Waals surface area contributed by atoms with E-state index in [1.165, 1.54) is 54.5 Å². The number of anilines is 1. The normalized spacial score (nSPS) is 23.3. The summed E-state index contributed by atoms with van der Waals surface area (Å²) in [5.74, 6) is 0.877. The first-order chi connectivity index (χ1) is 9.30. The minimum Gasteiger partial charge on any atom is -0.348 e. The van der Waals surface area contributed by atoms with Gasteiger partial charge in [-0.05, 0) is 31.6 Å². The number of hydrogen-bond donors (Lipinski definition) is 1. The van der Waals surface area contributed by atoms with Gasteiger partial charge in [0.15, 0.2) is 5.13 Å². The van der Waals surface area contributed by atoms with Gasteiger partial charge in [-0.3, -0.25) is 0 Å². The first kappa shape index (κ1) is 13.4. The van der Waals surface area contributed by atoms with E-state index >= 15 is 0 Å². The summed E-state index contributed by atoms with van der Waals surface area (Å²) in [6, 6.07) is 0.784. The Labute approximate surface area is 120 Å². The van der Waals surface area contributed by atoms with Crippen molar-refractivity contribution in [3.8, 4) is 0 Å². The predicted molar refractivity (Wildman–Crippen MR) is 82.0 cm³/mol. The lowest BCUT2D eigenvalue weighted by Gasteiger charge is -2.14. The number of aryl methyl sites for hydroxylation is 1. The molecule has 1 aliphatic heterocycles. The van der Waals surface area contributed by atoms with Gasteiger partial charge in [0, 0.05) is 30.6 Å². The fourth-order valence-corrected chi connectivity index (χ4v) is 3.92. The van der Waals surface area contributed by atoms with E-state index in [1.54, 1.807) is 0 Å². The molecule has 3 rings (SSSR count). The van der Waals surface area contributed by atoms with Crippen LogP contribution in [0, 0.1) is 5.92 Å². The zero-order valence-electron chi connectivity index (χ0n) is 12.1. The van der Waals surface area contributed by atoms with Gasteiger partial charge in [-0.15, -0.1) is 11.3 Å². The smallest absolute Gasteiger partial charge is 0.185 e. The second kappa shape index (κ2) is 5.80. The fraction of sp³-hybridized carbons (Fsp3) is 0.800. The van der Waals surface area contributed by atoms with E-state index in [9.17, 15) is 0 Å². The molecule has 4 heteroatoms. The van der Waals surface area contributed by atoms with Gasteiger partial charge in [-0.25, -0.2) is 4.98 Å². The fourth-order valence-electron chi connectivity index (χ4n) is 2.78. The van der Waals surface area contributed by atoms with Crippen LogP contribution in [-0.4, -0.2) is 24.1 Å². The summed E-state index contributed by atoms with van der Waals surface area (Å²) in [7, 11) is 0. The van der Waals surface area contributed by atoms with E-state index in [1.807, 2.05) is 11.3 Å². The Morgan fingerprint density at radius 1 is 1.32 bits per heavy atom. The van der Waals surface area contributed by atoms with Crippen LogP contribution >= 0.6 is 11.3 Å². The SMILES string of the molecule is CCc1nc(N2CCC(CC)C2)sc1CNC1CC1. The minimum atomic E-state index is 0.784. The van der Waals surface area contributed by atoms with Crippen molar-refractivity contribution in [1.29, 1.82) is 0 Å². The summed E-state index contributed by atoms with van der Waals surface area (Å²) < 4.78 is 0. The number of thiazole rings is 1. The third-order valence-electron chi connectivity index (χ3n) is 4.36. The van der Waals surface area contributed by atoms with Crippen molar-refractivity contribution in [2.75, 3.05) is 18.0 Å². The van der Waals surface area contributed by atoms with Crippen LogP contribution in [0.3, 0.4) is 0 Å². The highest BCUT2D eigenvalue weighted by molar-refractivity contribution is 7.15. The summed E-state index contributed by atoms with van der Waals surface area (Å²) in [5.41, 5.74) is 1.31. The van der Waals surface area contributed by atoms with Gasteiger partial charge in [-0.2, -0.15) is 0 Å². The Balaban J connectivity index is 1.67. The second-order valence-electron chi connectivity index (χ2n) is 5.88. The molecule has 1 unspecified atom stereocenters. The van der Waals surface area contributed by atoms with E-state index in [2.05, 4.69) is 24.1 Å². The maximum absolute atomic E-state index is 4.88. The Hall–Kier alpha value is -0.610. The zero-order valence-corrected chi connectivity index (χ0v) is 12.9. The largest absolute Gasteiger partial charge is 0.348 e. The van der Waals surface area contributed by atoms with Crippen LogP contribution in [0.25, 0.3) is 0 Å². The molecule has 2 fully saturated rings. The van der Waals surface area contributed by atoms with E-state index in [0.717, 1.165) is 24.9 Å². The minimum absolute atomic E-state index is 0.784. The molecule has 3 nitrogen and oxygen atoms in total. The first-order valence-electron chi connectivity index (χ1n) is 7.77. The average Bonchev–Trinajstić information content (AvgIpc) is 2.99. The van der Waals surface area contributed by atoms with Crippen molar-refractivity contribution < 1.29 is 0 Å². The Kier molecular flexibility index (Phi) is 4.08. The molecule has 1 saturated heterocycles. The van der Waals surface area contributed by atoms with Crippen LogP contribution in [0.2, 0.25) is 0 Å². The van der Waals surface area contributed by atoms with Crippen LogP contribution < -0.4 is 10.2 Å². The third-order valence-corrected chi connectivity index (χ3v) is 5.52. The standard InChI is InChI=1S/C15H25N3S/c1-3-11-7-8-18(10-11)15-17-13(4-2)14(19-15)9-16-12-5-6-12/h11-12,16H,3-10H2,1-2H3. The quantitative estimate of drug-likeness (QED) is 0.867. The maximum atomic E-state index is 4.88. The van der Waals surface area contributed by atoms with Crippen LogP contribution in [0.15, 0.2) is 0 Å². The Bertz CT molecular complexity index is 425. The van der Waals surface area contributed by atoms with E-state index in [0.29, 0.717) is 0 Å². The molecule has 19 heavy (non-hydrogen) atoms. The van der Waals surface area contributed by atoms with Crippen molar-refractivity contribution in [3.63, 3.8) is 0 Å². The molecule has 1 aromatic heterocycles. The molecule has 0 bridgehead atoms. The summed E-state index contributed by atoms with van der Waals surface area (Å²) in [6.07, 6.45) is 6.42. The second-order valence-corrected chi connectivity index (χ2v) is 6.95. The van der Waals surface area contributed by atoms with Crippen molar-refractivity contribution in [2.45, 2.75) is 58.5 Å². The molecule has 1 N–H and O–H groups in total. The molecular weight excluding hydrogens is 254 g/mol. The molecule has 2 aliphatic rings.